The molecular weight excluding hydrogens is 188 g/mol. The predicted octanol–water partition coefficient (Wildman–Crippen LogP) is 3.61. The molecule has 0 fully saturated rings. The molecule has 0 radical (unpaired) electrons. The zero-order valence-corrected chi connectivity index (χ0v) is 9.54. The maximum absolute atomic E-state index is 11.2. The normalized spacial score (nSPS) is 23.9. The zero-order chi connectivity index (χ0) is 10.8. The largest absolute Gasteiger partial charge is 0.466 e. The van der Waals surface area contributed by atoms with Crippen molar-refractivity contribution in [3.8, 4) is 0 Å². The molecule has 0 bridgehead atoms. The van der Waals surface area contributed by atoms with Crippen molar-refractivity contribution in [2.24, 2.45) is 0 Å². The Morgan fingerprint density at radius 1 is 0.867 bits per heavy atom. The molecule has 0 aromatic rings. The smallest absolute Gasteiger partial charge is 0.305 e. The van der Waals surface area contributed by atoms with Crippen LogP contribution in [-0.2, 0) is 9.53 Å². The Balaban J connectivity index is 2.21. The number of hydrogen-bond donors (Lipinski definition) is 0. The Kier molecular flexibility index (Phi) is 6.97. The van der Waals surface area contributed by atoms with E-state index in [0.717, 1.165) is 25.7 Å². The van der Waals surface area contributed by atoms with Gasteiger partial charge in [0.2, 0.25) is 0 Å². The fraction of sp³-hybridized carbons (Fsp3) is 0.769. The Labute approximate surface area is 92.7 Å². The summed E-state index contributed by atoms with van der Waals surface area (Å²) in [4.78, 5) is 11.2. The van der Waals surface area contributed by atoms with E-state index >= 15 is 0 Å². The molecule has 0 atom stereocenters. The van der Waals surface area contributed by atoms with Crippen LogP contribution in [0.25, 0.3) is 0 Å². The Hall–Kier alpha value is -0.790. The van der Waals surface area contributed by atoms with Crippen LogP contribution >= 0.6 is 0 Å². The lowest BCUT2D eigenvalue weighted by molar-refractivity contribution is -0.143. The molecule has 0 spiro atoms. The van der Waals surface area contributed by atoms with Gasteiger partial charge in [-0.15, -0.1) is 0 Å². The molecule has 2 heteroatoms. The number of cyclic esters (lactones) is 1. The van der Waals surface area contributed by atoms with E-state index in [2.05, 4.69) is 12.2 Å². The maximum Gasteiger partial charge on any atom is 0.305 e. The van der Waals surface area contributed by atoms with Gasteiger partial charge in [-0.05, 0) is 38.5 Å². The number of hydrogen-bond acceptors (Lipinski definition) is 2. The average molecular weight is 210 g/mol. The number of carbonyl (C=O) groups excluding carboxylic acids is 1. The molecule has 1 rings (SSSR count). The van der Waals surface area contributed by atoms with Crippen molar-refractivity contribution in [1.29, 1.82) is 0 Å². The van der Waals surface area contributed by atoms with Crippen molar-refractivity contribution in [2.45, 2.75) is 57.8 Å². The first-order valence-corrected chi connectivity index (χ1v) is 6.20. The summed E-state index contributed by atoms with van der Waals surface area (Å²) in [7, 11) is 0. The molecule has 0 N–H and O–H groups in total. The molecule has 0 unspecified atom stereocenters. The van der Waals surface area contributed by atoms with E-state index < -0.39 is 0 Å². The van der Waals surface area contributed by atoms with Gasteiger partial charge in [0, 0.05) is 6.42 Å². The lowest BCUT2D eigenvalue weighted by Gasteiger charge is -2.05. The van der Waals surface area contributed by atoms with E-state index in [-0.39, 0.29) is 5.97 Å². The molecule has 2 nitrogen and oxygen atoms in total. The lowest BCUT2D eigenvalue weighted by Crippen LogP contribution is -2.05. The number of esters is 1. The summed E-state index contributed by atoms with van der Waals surface area (Å²) < 4.78 is 5.13. The predicted molar refractivity (Wildman–Crippen MR) is 61.7 cm³/mol. The van der Waals surface area contributed by atoms with Gasteiger partial charge in [0.1, 0.15) is 0 Å². The second-order valence-electron chi connectivity index (χ2n) is 4.14. The molecule has 0 aromatic heterocycles. The van der Waals surface area contributed by atoms with E-state index in [4.69, 9.17) is 4.74 Å². The highest BCUT2D eigenvalue weighted by molar-refractivity contribution is 5.69. The number of carbonyl (C=O) groups is 1. The fourth-order valence-electron chi connectivity index (χ4n) is 1.74. The van der Waals surface area contributed by atoms with Crippen molar-refractivity contribution in [3.05, 3.63) is 12.2 Å². The Morgan fingerprint density at radius 3 is 2.33 bits per heavy atom. The third kappa shape index (κ3) is 7.18. The van der Waals surface area contributed by atoms with Gasteiger partial charge in [-0.3, -0.25) is 4.79 Å². The summed E-state index contributed by atoms with van der Waals surface area (Å²) in [5.41, 5.74) is 0. The van der Waals surface area contributed by atoms with Crippen molar-refractivity contribution in [2.75, 3.05) is 6.61 Å². The van der Waals surface area contributed by atoms with Crippen LogP contribution in [-0.4, -0.2) is 12.6 Å². The van der Waals surface area contributed by atoms with Crippen LogP contribution in [0.4, 0.5) is 0 Å². The molecule has 1 aliphatic heterocycles. The second-order valence-corrected chi connectivity index (χ2v) is 4.14. The first-order chi connectivity index (χ1) is 7.39. The molecule has 0 saturated carbocycles. The van der Waals surface area contributed by atoms with Gasteiger partial charge >= 0.3 is 5.97 Å². The van der Waals surface area contributed by atoms with Crippen LogP contribution in [0.15, 0.2) is 12.2 Å². The van der Waals surface area contributed by atoms with Crippen LogP contribution in [0, 0.1) is 0 Å². The monoisotopic (exact) mass is 210 g/mol. The number of allylic oxidation sites excluding steroid dienone is 2. The standard InChI is InChI=1S/C13H22O2/c14-13-11-9-7-5-3-1-2-4-6-8-10-12-15-13/h1,3H,2,4-12H2/b3-1-. The van der Waals surface area contributed by atoms with Gasteiger partial charge in [-0.1, -0.05) is 25.0 Å². The Morgan fingerprint density at radius 2 is 1.53 bits per heavy atom. The molecule has 0 aliphatic carbocycles. The summed E-state index contributed by atoms with van der Waals surface area (Å²) in [6.45, 7) is 0.620. The van der Waals surface area contributed by atoms with Crippen LogP contribution in [0.2, 0.25) is 0 Å². The number of rotatable bonds is 0. The summed E-state index contributed by atoms with van der Waals surface area (Å²) in [6.07, 6.45) is 14.2. The van der Waals surface area contributed by atoms with Crippen LogP contribution in [0.5, 0.6) is 0 Å². The first-order valence-electron chi connectivity index (χ1n) is 6.20. The van der Waals surface area contributed by atoms with E-state index in [1.54, 1.807) is 0 Å². The minimum Gasteiger partial charge on any atom is -0.466 e. The van der Waals surface area contributed by atoms with Gasteiger partial charge < -0.3 is 4.74 Å². The van der Waals surface area contributed by atoms with Gasteiger partial charge in [0.15, 0.2) is 0 Å². The molecule has 0 amide bonds. The van der Waals surface area contributed by atoms with E-state index in [0.29, 0.717) is 13.0 Å². The summed E-state index contributed by atoms with van der Waals surface area (Å²) in [6, 6.07) is 0. The van der Waals surface area contributed by atoms with Crippen LogP contribution in [0.1, 0.15) is 57.8 Å². The zero-order valence-electron chi connectivity index (χ0n) is 9.54. The van der Waals surface area contributed by atoms with E-state index in [9.17, 15) is 4.79 Å². The fourth-order valence-corrected chi connectivity index (χ4v) is 1.74. The quantitative estimate of drug-likeness (QED) is 0.451. The second kappa shape index (κ2) is 8.51. The summed E-state index contributed by atoms with van der Waals surface area (Å²) in [5.74, 6) is -0.0176. The van der Waals surface area contributed by atoms with E-state index in [1.807, 2.05) is 0 Å². The highest BCUT2D eigenvalue weighted by Gasteiger charge is 2.02. The molecular formula is C13H22O2. The summed E-state index contributed by atoms with van der Waals surface area (Å²) >= 11 is 0. The SMILES string of the molecule is O=C1CCCC/C=C\CCCCCCO1. The van der Waals surface area contributed by atoms with Gasteiger partial charge in [0.05, 0.1) is 6.61 Å². The van der Waals surface area contributed by atoms with Crippen molar-refractivity contribution in [3.63, 3.8) is 0 Å². The highest BCUT2D eigenvalue weighted by atomic mass is 16.5. The molecule has 1 aliphatic rings. The Bertz CT molecular complexity index is 197. The third-order valence-corrected chi connectivity index (χ3v) is 2.70. The summed E-state index contributed by atoms with van der Waals surface area (Å²) in [5, 5.41) is 0. The minimum atomic E-state index is -0.0176. The van der Waals surface area contributed by atoms with Gasteiger partial charge in [-0.25, -0.2) is 0 Å². The van der Waals surface area contributed by atoms with Crippen LogP contribution in [0.3, 0.4) is 0 Å². The highest BCUT2D eigenvalue weighted by Crippen LogP contribution is 2.08. The molecule has 86 valence electrons. The van der Waals surface area contributed by atoms with Crippen molar-refractivity contribution < 1.29 is 9.53 Å². The molecule has 15 heavy (non-hydrogen) atoms. The van der Waals surface area contributed by atoms with E-state index in [1.165, 1.54) is 25.7 Å². The number of ether oxygens (including phenoxy) is 1. The molecule has 0 saturated heterocycles. The van der Waals surface area contributed by atoms with Gasteiger partial charge in [-0.2, -0.15) is 0 Å². The third-order valence-electron chi connectivity index (χ3n) is 2.70. The average Bonchev–Trinajstić information content (AvgIpc) is 2.24. The van der Waals surface area contributed by atoms with Crippen molar-refractivity contribution in [1.82, 2.24) is 0 Å². The molecule has 1 heterocycles. The van der Waals surface area contributed by atoms with Crippen LogP contribution < -0.4 is 0 Å². The minimum absolute atomic E-state index is 0.0176. The van der Waals surface area contributed by atoms with Crippen molar-refractivity contribution >= 4 is 5.97 Å². The first kappa shape index (κ1) is 12.3. The maximum atomic E-state index is 11.2. The topological polar surface area (TPSA) is 26.3 Å². The molecule has 0 aromatic carbocycles. The van der Waals surface area contributed by atoms with Gasteiger partial charge in [0.25, 0.3) is 0 Å². The lowest BCUT2D eigenvalue weighted by atomic mass is 10.1.